The second kappa shape index (κ2) is 6.88. The molecule has 21 heavy (non-hydrogen) atoms. The van der Waals surface area contributed by atoms with Crippen LogP contribution < -0.4 is 5.32 Å². The zero-order valence-corrected chi connectivity index (χ0v) is 13.7. The molecular weight excluding hydrogens is 347 g/mol. The number of hydrogen-bond donors (Lipinski definition) is 1. The minimum absolute atomic E-state index is 0.0862. The Morgan fingerprint density at radius 3 is 2.29 bits per heavy atom. The van der Waals surface area contributed by atoms with Gasteiger partial charge in [0.1, 0.15) is 0 Å². The minimum Gasteiger partial charge on any atom is -0.350 e. The standard InChI is InChI=1S/C15H23BrF3NO/c16-10-14(8-4-1-5-9-14)20-13(21)11-6-2-3-7-12(11)15(17,18)19/h11-12H,1-10H2,(H,20,21). The van der Waals surface area contributed by atoms with E-state index in [0.717, 1.165) is 32.1 Å². The van der Waals surface area contributed by atoms with Crippen LogP contribution in [0.5, 0.6) is 0 Å². The summed E-state index contributed by atoms with van der Waals surface area (Å²) in [7, 11) is 0. The Labute approximate surface area is 132 Å². The molecule has 0 aromatic heterocycles. The second-order valence-corrected chi connectivity index (χ2v) is 7.06. The van der Waals surface area contributed by atoms with Gasteiger partial charge in [-0.25, -0.2) is 0 Å². The number of amides is 1. The summed E-state index contributed by atoms with van der Waals surface area (Å²) in [6.07, 6.45) is 2.36. The fraction of sp³-hybridized carbons (Fsp3) is 0.933. The molecule has 1 N–H and O–H groups in total. The van der Waals surface area contributed by atoms with Crippen LogP contribution in [0.25, 0.3) is 0 Å². The molecule has 2 aliphatic rings. The Hall–Kier alpha value is -0.260. The third-order valence-corrected chi connectivity index (χ3v) is 6.05. The maximum atomic E-state index is 13.1. The number of carbonyl (C=O) groups excluding carboxylic acids is 1. The van der Waals surface area contributed by atoms with Crippen molar-refractivity contribution in [3.63, 3.8) is 0 Å². The lowest BCUT2D eigenvalue weighted by Crippen LogP contribution is -2.55. The van der Waals surface area contributed by atoms with Crippen LogP contribution in [0.3, 0.4) is 0 Å². The van der Waals surface area contributed by atoms with Crippen LogP contribution in [0.2, 0.25) is 0 Å². The topological polar surface area (TPSA) is 29.1 Å². The molecule has 2 aliphatic carbocycles. The molecule has 2 rings (SSSR count). The quantitative estimate of drug-likeness (QED) is 0.725. The average Bonchev–Trinajstić information content (AvgIpc) is 2.47. The zero-order valence-electron chi connectivity index (χ0n) is 12.1. The van der Waals surface area contributed by atoms with Crippen molar-refractivity contribution in [2.75, 3.05) is 5.33 Å². The van der Waals surface area contributed by atoms with Gasteiger partial charge in [0.25, 0.3) is 0 Å². The van der Waals surface area contributed by atoms with Crippen LogP contribution in [0.4, 0.5) is 13.2 Å². The molecule has 0 heterocycles. The normalized spacial score (nSPS) is 29.9. The first-order valence-electron chi connectivity index (χ1n) is 7.83. The van der Waals surface area contributed by atoms with E-state index in [4.69, 9.17) is 0 Å². The maximum Gasteiger partial charge on any atom is 0.392 e. The summed E-state index contributed by atoms with van der Waals surface area (Å²) in [6, 6.07) is 0. The summed E-state index contributed by atoms with van der Waals surface area (Å²) in [6.45, 7) is 0. The fourth-order valence-corrected chi connectivity index (χ4v) is 4.41. The van der Waals surface area contributed by atoms with E-state index < -0.39 is 23.9 Å². The Morgan fingerprint density at radius 1 is 1.10 bits per heavy atom. The fourth-order valence-electron chi connectivity index (χ4n) is 3.71. The van der Waals surface area contributed by atoms with Gasteiger partial charge in [-0.3, -0.25) is 4.79 Å². The van der Waals surface area contributed by atoms with Gasteiger partial charge in [-0.1, -0.05) is 48.0 Å². The van der Waals surface area contributed by atoms with Gasteiger partial charge in [0, 0.05) is 16.8 Å². The molecule has 0 spiro atoms. The Morgan fingerprint density at radius 2 is 1.71 bits per heavy atom. The first-order chi connectivity index (χ1) is 9.88. The van der Waals surface area contributed by atoms with Crippen LogP contribution in [0.1, 0.15) is 57.8 Å². The molecule has 2 atom stereocenters. The molecule has 6 heteroatoms. The lowest BCUT2D eigenvalue weighted by Gasteiger charge is -2.40. The van der Waals surface area contributed by atoms with Crippen molar-refractivity contribution in [2.24, 2.45) is 11.8 Å². The SMILES string of the molecule is O=C(NC1(CBr)CCCCC1)C1CCCCC1C(F)(F)F. The van der Waals surface area contributed by atoms with Gasteiger partial charge < -0.3 is 5.32 Å². The maximum absolute atomic E-state index is 13.1. The summed E-state index contributed by atoms with van der Waals surface area (Å²) in [5, 5.41) is 3.59. The third-order valence-electron chi connectivity index (χ3n) is 4.98. The Bertz CT molecular complexity index is 366. The molecular formula is C15H23BrF3NO. The van der Waals surface area contributed by atoms with Crippen molar-refractivity contribution in [3.8, 4) is 0 Å². The first-order valence-corrected chi connectivity index (χ1v) is 8.95. The smallest absolute Gasteiger partial charge is 0.350 e. The molecule has 2 nitrogen and oxygen atoms in total. The van der Waals surface area contributed by atoms with Crippen LogP contribution in [0, 0.1) is 11.8 Å². The van der Waals surface area contributed by atoms with Gasteiger partial charge in [0.15, 0.2) is 0 Å². The van der Waals surface area contributed by atoms with E-state index in [1.54, 1.807) is 0 Å². The van der Waals surface area contributed by atoms with Gasteiger partial charge in [0.2, 0.25) is 5.91 Å². The molecule has 2 saturated carbocycles. The molecule has 0 radical (unpaired) electrons. The lowest BCUT2D eigenvalue weighted by molar-refractivity contribution is -0.198. The van der Waals surface area contributed by atoms with E-state index in [9.17, 15) is 18.0 Å². The number of halogens is 4. The van der Waals surface area contributed by atoms with Crippen molar-refractivity contribution in [2.45, 2.75) is 69.5 Å². The Balaban J connectivity index is 2.06. The molecule has 2 unspecified atom stereocenters. The highest BCUT2D eigenvalue weighted by atomic mass is 79.9. The van der Waals surface area contributed by atoms with E-state index in [1.165, 1.54) is 0 Å². The first kappa shape index (κ1) is 17.1. The molecule has 1 amide bonds. The molecule has 0 saturated heterocycles. The van der Waals surface area contributed by atoms with Crippen molar-refractivity contribution in [1.29, 1.82) is 0 Å². The van der Waals surface area contributed by atoms with Crippen LogP contribution in [-0.2, 0) is 4.79 Å². The molecule has 0 bridgehead atoms. The van der Waals surface area contributed by atoms with E-state index >= 15 is 0 Å². The molecule has 0 aliphatic heterocycles. The number of nitrogens with one attached hydrogen (secondary N) is 1. The highest BCUT2D eigenvalue weighted by molar-refractivity contribution is 9.09. The number of carbonyl (C=O) groups is 1. The predicted molar refractivity (Wildman–Crippen MR) is 79.3 cm³/mol. The van der Waals surface area contributed by atoms with Crippen LogP contribution in [0.15, 0.2) is 0 Å². The monoisotopic (exact) mass is 369 g/mol. The van der Waals surface area contributed by atoms with Crippen molar-refractivity contribution < 1.29 is 18.0 Å². The van der Waals surface area contributed by atoms with Gasteiger partial charge in [-0.2, -0.15) is 13.2 Å². The molecule has 2 fully saturated rings. The van der Waals surface area contributed by atoms with Crippen molar-refractivity contribution in [3.05, 3.63) is 0 Å². The average molecular weight is 370 g/mol. The lowest BCUT2D eigenvalue weighted by atomic mass is 9.77. The predicted octanol–water partition coefficient (Wildman–Crippen LogP) is 4.57. The Kier molecular flexibility index (Phi) is 5.60. The van der Waals surface area contributed by atoms with Crippen molar-refractivity contribution in [1.82, 2.24) is 5.32 Å². The molecule has 122 valence electrons. The summed E-state index contributed by atoms with van der Waals surface area (Å²) in [5.74, 6) is -2.77. The molecule has 0 aromatic carbocycles. The van der Waals surface area contributed by atoms with E-state index in [1.807, 2.05) is 0 Å². The summed E-state index contributed by atoms with van der Waals surface area (Å²) < 4.78 is 39.4. The van der Waals surface area contributed by atoms with Gasteiger partial charge in [0.05, 0.1) is 5.92 Å². The van der Waals surface area contributed by atoms with Crippen LogP contribution in [-0.4, -0.2) is 23.0 Å². The zero-order chi connectivity index (χ0) is 15.5. The number of hydrogen-bond acceptors (Lipinski definition) is 1. The van der Waals surface area contributed by atoms with Gasteiger partial charge in [-0.05, 0) is 25.7 Å². The van der Waals surface area contributed by atoms with Gasteiger partial charge >= 0.3 is 6.18 Å². The molecule has 0 aromatic rings. The van der Waals surface area contributed by atoms with Gasteiger partial charge in [-0.15, -0.1) is 0 Å². The second-order valence-electron chi connectivity index (χ2n) is 6.50. The summed E-state index contributed by atoms with van der Waals surface area (Å²) in [5.41, 5.74) is -0.344. The summed E-state index contributed by atoms with van der Waals surface area (Å²) >= 11 is 3.44. The number of alkyl halides is 4. The van der Waals surface area contributed by atoms with E-state index in [0.29, 0.717) is 24.6 Å². The largest absolute Gasteiger partial charge is 0.392 e. The number of rotatable bonds is 3. The highest BCUT2D eigenvalue weighted by Crippen LogP contribution is 2.42. The summed E-state index contributed by atoms with van der Waals surface area (Å²) in [4.78, 5) is 12.5. The van der Waals surface area contributed by atoms with Crippen molar-refractivity contribution >= 4 is 21.8 Å². The third kappa shape index (κ3) is 4.14. The highest BCUT2D eigenvalue weighted by Gasteiger charge is 2.49. The van der Waals surface area contributed by atoms with E-state index in [2.05, 4.69) is 21.2 Å². The van der Waals surface area contributed by atoms with Crippen LogP contribution >= 0.6 is 15.9 Å². The minimum atomic E-state index is -4.27. The van der Waals surface area contributed by atoms with E-state index in [-0.39, 0.29) is 12.0 Å².